The summed E-state index contributed by atoms with van der Waals surface area (Å²) in [5.41, 5.74) is 1.77. The molecule has 2 heterocycles. The highest BCUT2D eigenvalue weighted by atomic mass is 32.1. The predicted octanol–water partition coefficient (Wildman–Crippen LogP) is 3.70. The van der Waals surface area contributed by atoms with E-state index in [4.69, 9.17) is 17.2 Å². The van der Waals surface area contributed by atoms with Crippen LogP contribution in [0.3, 0.4) is 0 Å². The average Bonchev–Trinajstić information content (AvgIpc) is 2.57. The Morgan fingerprint density at radius 1 is 1.04 bits per heavy atom. The van der Waals surface area contributed by atoms with E-state index in [1.165, 1.54) is 5.56 Å². The Labute approximate surface area is 150 Å². The maximum atomic E-state index is 6.09. The van der Waals surface area contributed by atoms with Crippen molar-refractivity contribution >= 4 is 17.2 Å². The van der Waals surface area contributed by atoms with Gasteiger partial charge in [0.2, 0.25) is 0 Å². The number of nitrogens with zero attached hydrogens (tertiary/aromatic N) is 3. The Morgan fingerprint density at radius 2 is 1.71 bits per heavy atom. The Hall–Kier alpha value is -1.78. The molecule has 0 amide bonds. The van der Waals surface area contributed by atoms with Gasteiger partial charge < -0.3 is 4.90 Å². The quantitative estimate of drug-likeness (QED) is 0.777. The van der Waals surface area contributed by atoms with Gasteiger partial charge in [-0.3, -0.25) is 9.88 Å². The molecule has 3 nitrogen and oxygen atoms in total. The number of pyridine rings is 1. The van der Waals surface area contributed by atoms with Crippen molar-refractivity contribution in [3.05, 3.63) is 66.0 Å². The summed E-state index contributed by atoms with van der Waals surface area (Å²) in [6.07, 6.45) is 1.86. The normalized spacial score (nSPS) is 22.7. The second kappa shape index (κ2) is 6.26. The van der Waals surface area contributed by atoms with Gasteiger partial charge in [0.1, 0.15) is 5.41 Å². The van der Waals surface area contributed by atoms with Crippen LogP contribution in [-0.2, 0) is 5.41 Å². The number of likely N-dealkylation sites (N-methyl/N-ethyl adjacent to an activating group) is 1. The van der Waals surface area contributed by atoms with E-state index in [2.05, 4.69) is 68.0 Å². The first-order valence-electron chi connectivity index (χ1n) is 8.33. The molecule has 4 heteroatoms. The molecule has 1 atom stereocenters. The van der Waals surface area contributed by atoms with E-state index in [9.17, 15) is 0 Å². The van der Waals surface area contributed by atoms with E-state index < -0.39 is 5.41 Å². The van der Waals surface area contributed by atoms with Crippen LogP contribution in [0.4, 0.5) is 0 Å². The van der Waals surface area contributed by atoms with Crippen LogP contribution in [-0.4, -0.2) is 45.6 Å². The van der Waals surface area contributed by atoms with Gasteiger partial charge in [0.05, 0.1) is 17.4 Å². The summed E-state index contributed by atoms with van der Waals surface area (Å²) in [6.45, 7) is 8.31. The van der Waals surface area contributed by atoms with Gasteiger partial charge in [-0.1, -0.05) is 48.6 Å². The molecule has 2 aromatic rings. The number of rotatable bonds is 2. The summed E-state index contributed by atoms with van der Waals surface area (Å²) in [6, 6.07) is 16.6. The van der Waals surface area contributed by atoms with Gasteiger partial charge >= 0.3 is 0 Å². The number of aromatic nitrogens is 1. The molecular formula is C20H25N3S. The lowest BCUT2D eigenvalue weighted by atomic mass is 9.74. The summed E-state index contributed by atoms with van der Waals surface area (Å²) in [4.78, 5) is 10.3. The molecule has 1 aliphatic heterocycles. The molecule has 0 saturated carbocycles. The zero-order valence-electron chi connectivity index (χ0n) is 14.9. The lowest BCUT2D eigenvalue weighted by molar-refractivity contribution is 0.101. The molecule has 1 fully saturated rings. The van der Waals surface area contributed by atoms with Gasteiger partial charge in [-0.25, -0.2) is 0 Å². The zero-order valence-corrected chi connectivity index (χ0v) is 15.7. The minimum atomic E-state index is -0.405. The van der Waals surface area contributed by atoms with Gasteiger partial charge in [0.25, 0.3) is 0 Å². The van der Waals surface area contributed by atoms with Crippen molar-refractivity contribution in [1.29, 1.82) is 0 Å². The van der Waals surface area contributed by atoms with Crippen LogP contribution in [0.1, 0.15) is 32.0 Å². The van der Waals surface area contributed by atoms with Crippen LogP contribution in [0.5, 0.6) is 0 Å². The summed E-state index contributed by atoms with van der Waals surface area (Å²) in [5, 5.41) is 0. The standard InChI is InChI=1S/C20H25N3S/c1-19(2,3)23-15-22(4)14-20(18(23)24,16-10-6-5-7-11-16)17-12-8-9-13-21-17/h5-13H,14-15H2,1-4H3. The van der Waals surface area contributed by atoms with Crippen molar-refractivity contribution in [3.8, 4) is 0 Å². The second-order valence-corrected chi connectivity index (χ2v) is 7.93. The Balaban J connectivity index is 2.23. The molecular weight excluding hydrogens is 314 g/mol. The van der Waals surface area contributed by atoms with E-state index in [0.29, 0.717) is 0 Å². The molecule has 0 aliphatic carbocycles. The topological polar surface area (TPSA) is 19.4 Å². The van der Waals surface area contributed by atoms with Gasteiger partial charge in [0, 0.05) is 18.3 Å². The van der Waals surface area contributed by atoms with Crippen LogP contribution in [0.2, 0.25) is 0 Å². The first kappa shape index (κ1) is 17.1. The van der Waals surface area contributed by atoms with Crippen LogP contribution in [0.25, 0.3) is 0 Å². The smallest absolute Gasteiger partial charge is 0.100 e. The summed E-state index contributed by atoms with van der Waals surface area (Å²) < 4.78 is 0. The average molecular weight is 340 g/mol. The molecule has 1 aromatic heterocycles. The van der Waals surface area contributed by atoms with Crippen molar-refractivity contribution in [1.82, 2.24) is 14.8 Å². The minimum Gasteiger partial charge on any atom is -0.347 e. The maximum Gasteiger partial charge on any atom is 0.100 e. The van der Waals surface area contributed by atoms with E-state index in [0.717, 1.165) is 23.9 Å². The minimum absolute atomic E-state index is 0.0411. The Morgan fingerprint density at radius 3 is 2.29 bits per heavy atom. The number of benzene rings is 1. The molecule has 0 radical (unpaired) electrons. The van der Waals surface area contributed by atoms with Crippen molar-refractivity contribution in [2.24, 2.45) is 0 Å². The fourth-order valence-corrected chi connectivity index (χ4v) is 4.08. The third-order valence-corrected chi connectivity index (χ3v) is 5.25. The highest BCUT2D eigenvalue weighted by Gasteiger charge is 2.48. The first-order chi connectivity index (χ1) is 11.4. The SMILES string of the molecule is CN1CN(C(C)(C)C)C(=S)C(c2ccccc2)(c2ccccn2)C1. The molecule has 1 aromatic carbocycles. The van der Waals surface area contributed by atoms with E-state index in [1.54, 1.807) is 0 Å². The molecule has 24 heavy (non-hydrogen) atoms. The Bertz CT molecular complexity index is 667. The molecule has 0 N–H and O–H groups in total. The molecule has 1 unspecified atom stereocenters. The molecule has 1 aliphatic rings. The van der Waals surface area contributed by atoms with Crippen LogP contribution in [0.15, 0.2) is 54.7 Å². The summed E-state index contributed by atoms with van der Waals surface area (Å²) in [5.74, 6) is 0. The lowest BCUT2D eigenvalue weighted by Crippen LogP contribution is -2.64. The fraction of sp³-hybridized carbons (Fsp3) is 0.400. The third-order valence-electron chi connectivity index (χ3n) is 4.68. The number of hydrogen-bond acceptors (Lipinski definition) is 3. The zero-order chi connectivity index (χ0) is 17.4. The highest BCUT2D eigenvalue weighted by molar-refractivity contribution is 7.80. The molecule has 3 rings (SSSR count). The van der Waals surface area contributed by atoms with Crippen molar-refractivity contribution in [3.63, 3.8) is 0 Å². The maximum absolute atomic E-state index is 6.09. The van der Waals surface area contributed by atoms with E-state index in [-0.39, 0.29) is 5.54 Å². The predicted molar refractivity (Wildman–Crippen MR) is 103 cm³/mol. The van der Waals surface area contributed by atoms with Crippen molar-refractivity contribution in [2.45, 2.75) is 31.7 Å². The van der Waals surface area contributed by atoms with Gasteiger partial charge in [-0.15, -0.1) is 0 Å². The van der Waals surface area contributed by atoms with Gasteiger partial charge in [-0.2, -0.15) is 0 Å². The Kier molecular flexibility index (Phi) is 4.45. The molecule has 0 bridgehead atoms. The van der Waals surface area contributed by atoms with Crippen LogP contribution in [0, 0.1) is 0 Å². The summed E-state index contributed by atoms with van der Waals surface area (Å²) in [7, 11) is 2.15. The van der Waals surface area contributed by atoms with Crippen molar-refractivity contribution in [2.75, 3.05) is 20.3 Å². The van der Waals surface area contributed by atoms with E-state index in [1.807, 2.05) is 24.4 Å². The monoisotopic (exact) mass is 339 g/mol. The number of thiocarbonyl (C=S) groups is 1. The molecule has 0 spiro atoms. The van der Waals surface area contributed by atoms with Crippen molar-refractivity contribution < 1.29 is 0 Å². The van der Waals surface area contributed by atoms with Crippen LogP contribution >= 0.6 is 12.2 Å². The number of hydrogen-bond donors (Lipinski definition) is 0. The van der Waals surface area contributed by atoms with Gasteiger partial charge in [0.15, 0.2) is 0 Å². The fourth-order valence-electron chi connectivity index (χ4n) is 3.47. The van der Waals surface area contributed by atoms with Gasteiger partial charge in [-0.05, 0) is 45.5 Å². The molecule has 1 saturated heterocycles. The largest absolute Gasteiger partial charge is 0.347 e. The lowest BCUT2D eigenvalue weighted by Gasteiger charge is -2.52. The molecule has 126 valence electrons. The summed E-state index contributed by atoms with van der Waals surface area (Å²) >= 11 is 6.09. The highest BCUT2D eigenvalue weighted by Crippen LogP contribution is 2.39. The first-order valence-corrected chi connectivity index (χ1v) is 8.74. The third kappa shape index (κ3) is 2.85. The van der Waals surface area contributed by atoms with E-state index >= 15 is 0 Å². The van der Waals surface area contributed by atoms with Crippen LogP contribution < -0.4 is 0 Å². The second-order valence-electron chi connectivity index (χ2n) is 7.55.